The fraction of sp³-hybridized carbons (Fsp3) is 0.118. The molecule has 0 saturated heterocycles. The molecule has 5 nitrogen and oxygen atoms in total. The molecule has 0 spiro atoms. The molecule has 1 aromatic heterocycles. The summed E-state index contributed by atoms with van der Waals surface area (Å²) in [5.41, 5.74) is -0.840. The van der Waals surface area contributed by atoms with Crippen molar-refractivity contribution < 1.29 is 27.5 Å². The molecule has 0 aliphatic rings. The third kappa shape index (κ3) is 3.71. The first-order valence-electron chi connectivity index (χ1n) is 7.34. The number of nitrogens with zero attached hydrogens (tertiary/aromatic N) is 2. The van der Waals surface area contributed by atoms with Gasteiger partial charge in [0, 0.05) is 6.54 Å². The Bertz CT molecular complexity index is 972. The molecule has 2 N–H and O–H groups in total. The van der Waals surface area contributed by atoms with Crippen molar-refractivity contribution in [3.63, 3.8) is 0 Å². The van der Waals surface area contributed by atoms with Crippen molar-refractivity contribution in [1.82, 2.24) is 9.97 Å². The van der Waals surface area contributed by atoms with Gasteiger partial charge in [-0.2, -0.15) is 13.2 Å². The van der Waals surface area contributed by atoms with Crippen LogP contribution in [0.5, 0.6) is 0 Å². The summed E-state index contributed by atoms with van der Waals surface area (Å²) >= 11 is 0. The van der Waals surface area contributed by atoms with Crippen molar-refractivity contribution in [1.29, 1.82) is 0 Å². The number of aromatic nitrogens is 2. The van der Waals surface area contributed by atoms with Crippen LogP contribution >= 0.6 is 0 Å². The summed E-state index contributed by atoms with van der Waals surface area (Å²) < 4.78 is 51.3. The summed E-state index contributed by atoms with van der Waals surface area (Å²) in [6.07, 6.45) is -4.57. The van der Waals surface area contributed by atoms with E-state index in [4.69, 9.17) is 0 Å². The number of anilines is 1. The number of carboxylic acids is 1. The maximum atomic E-state index is 12.9. The molecule has 1 heterocycles. The zero-order valence-electron chi connectivity index (χ0n) is 13.0. The molecule has 3 rings (SSSR count). The molecule has 0 fully saturated rings. The van der Waals surface area contributed by atoms with Gasteiger partial charge in [0.15, 0.2) is 11.5 Å². The van der Waals surface area contributed by atoms with Crippen molar-refractivity contribution in [2.45, 2.75) is 12.7 Å². The first-order chi connectivity index (χ1) is 12.2. The predicted octanol–water partition coefficient (Wildman–Crippen LogP) is 4.10. The van der Waals surface area contributed by atoms with E-state index in [-0.39, 0.29) is 23.4 Å². The summed E-state index contributed by atoms with van der Waals surface area (Å²) in [6.45, 7) is 0.140. The molecule has 134 valence electrons. The lowest BCUT2D eigenvalue weighted by Crippen LogP contribution is -2.12. The van der Waals surface area contributed by atoms with Gasteiger partial charge in [-0.25, -0.2) is 19.2 Å². The topological polar surface area (TPSA) is 75.1 Å². The first kappa shape index (κ1) is 17.6. The van der Waals surface area contributed by atoms with E-state index in [1.165, 1.54) is 24.3 Å². The van der Waals surface area contributed by atoms with Gasteiger partial charge in [0.05, 0.1) is 16.6 Å². The number of carbonyl (C=O) groups is 1. The molecule has 26 heavy (non-hydrogen) atoms. The van der Waals surface area contributed by atoms with Crippen LogP contribution in [0, 0.1) is 5.82 Å². The van der Waals surface area contributed by atoms with Crippen molar-refractivity contribution in [3.8, 4) is 0 Å². The molecule has 9 heteroatoms. The summed E-state index contributed by atoms with van der Waals surface area (Å²) in [5, 5.41) is 12.0. The molecular formula is C17H11F4N3O2. The minimum absolute atomic E-state index is 0.0888. The highest BCUT2D eigenvalue weighted by Crippen LogP contribution is 2.31. The number of nitrogens with one attached hydrogen (secondary N) is 1. The van der Waals surface area contributed by atoms with Crippen LogP contribution in [-0.2, 0) is 12.7 Å². The maximum absolute atomic E-state index is 12.9. The van der Waals surface area contributed by atoms with Gasteiger partial charge in [0.25, 0.3) is 0 Å². The lowest BCUT2D eigenvalue weighted by atomic mass is 10.2. The minimum Gasteiger partial charge on any atom is -0.476 e. The van der Waals surface area contributed by atoms with Crippen molar-refractivity contribution in [2.24, 2.45) is 0 Å². The zero-order chi connectivity index (χ0) is 18.9. The highest BCUT2D eigenvalue weighted by atomic mass is 19.4. The fourth-order valence-corrected chi connectivity index (χ4v) is 2.29. The van der Waals surface area contributed by atoms with Crippen LogP contribution in [0.4, 0.5) is 23.4 Å². The zero-order valence-corrected chi connectivity index (χ0v) is 13.0. The molecule has 2 aromatic carbocycles. The maximum Gasteiger partial charge on any atom is 0.416 e. The van der Waals surface area contributed by atoms with Gasteiger partial charge in [-0.15, -0.1) is 0 Å². The van der Waals surface area contributed by atoms with Gasteiger partial charge in [0.2, 0.25) is 0 Å². The molecule has 0 bridgehead atoms. The second-order valence-electron chi connectivity index (χ2n) is 5.41. The monoisotopic (exact) mass is 365 g/mol. The lowest BCUT2D eigenvalue weighted by molar-refractivity contribution is -0.137. The Balaban J connectivity index is 1.97. The number of fused-ring (bicyclic) bond motifs is 1. The van der Waals surface area contributed by atoms with Gasteiger partial charge in [0.1, 0.15) is 5.82 Å². The van der Waals surface area contributed by atoms with E-state index in [2.05, 4.69) is 15.3 Å². The Labute approximate surface area is 144 Å². The largest absolute Gasteiger partial charge is 0.476 e. The van der Waals surface area contributed by atoms with E-state index in [9.17, 15) is 27.5 Å². The SMILES string of the molecule is O=C(O)c1nc2cc(C(F)(F)F)ccc2nc1NCc1ccc(F)cc1. The number of carboxylic acid groups (broad SMARTS) is 1. The van der Waals surface area contributed by atoms with E-state index in [0.29, 0.717) is 5.56 Å². The number of alkyl halides is 3. The summed E-state index contributed by atoms with van der Waals surface area (Å²) in [7, 11) is 0. The highest BCUT2D eigenvalue weighted by molar-refractivity contribution is 5.94. The van der Waals surface area contributed by atoms with Gasteiger partial charge in [-0.05, 0) is 35.9 Å². The van der Waals surface area contributed by atoms with E-state index >= 15 is 0 Å². The van der Waals surface area contributed by atoms with Crippen LogP contribution in [0.3, 0.4) is 0 Å². The van der Waals surface area contributed by atoms with Crippen LogP contribution < -0.4 is 5.32 Å². The van der Waals surface area contributed by atoms with E-state index in [1.807, 2.05) is 0 Å². The number of hydrogen-bond acceptors (Lipinski definition) is 4. The second-order valence-corrected chi connectivity index (χ2v) is 5.41. The number of benzene rings is 2. The van der Waals surface area contributed by atoms with Gasteiger partial charge in [-0.1, -0.05) is 12.1 Å². The molecule has 0 aliphatic carbocycles. The van der Waals surface area contributed by atoms with Gasteiger partial charge >= 0.3 is 12.1 Å². The Morgan fingerprint density at radius 2 is 1.73 bits per heavy atom. The predicted molar refractivity (Wildman–Crippen MR) is 85.2 cm³/mol. The van der Waals surface area contributed by atoms with Crippen molar-refractivity contribution in [2.75, 3.05) is 5.32 Å². The van der Waals surface area contributed by atoms with Crippen LogP contribution in [-0.4, -0.2) is 21.0 Å². The van der Waals surface area contributed by atoms with Gasteiger partial charge < -0.3 is 10.4 Å². The Hall–Kier alpha value is -3.23. The Morgan fingerprint density at radius 1 is 1.04 bits per heavy atom. The number of halogens is 4. The standard InChI is InChI=1S/C17H11F4N3O2/c18-11-4-1-9(2-5-11)8-22-15-14(16(25)26)23-13-7-10(17(19,20)21)3-6-12(13)24-15/h1-7H,8H2,(H,22,24)(H,25,26). The minimum atomic E-state index is -4.57. The van der Waals surface area contributed by atoms with E-state index < -0.39 is 29.2 Å². The smallest absolute Gasteiger partial charge is 0.416 e. The lowest BCUT2D eigenvalue weighted by Gasteiger charge is -2.11. The second kappa shape index (κ2) is 6.58. The van der Waals surface area contributed by atoms with Crippen molar-refractivity contribution in [3.05, 3.63) is 65.1 Å². The first-order valence-corrected chi connectivity index (χ1v) is 7.34. The Kier molecular flexibility index (Phi) is 4.45. The van der Waals surface area contributed by atoms with E-state index in [1.54, 1.807) is 0 Å². The quantitative estimate of drug-likeness (QED) is 0.681. The summed E-state index contributed by atoms with van der Waals surface area (Å²) in [5.74, 6) is -1.93. The molecule has 3 aromatic rings. The molecule has 0 atom stereocenters. The number of aromatic carboxylic acids is 1. The van der Waals surface area contributed by atoms with Crippen LogP contribution in [0.2, 0.25) is 0 Å². The molecule has 0 saturated carbocycles. The normalized spacial score (nSPS) is 11.5. The Morgan fingerprint density at radius 3 is 2.35 bits per heavy atom. The van der Waals surface area contributed by atoms with Crippen LogP contribution in [0.15, 0.2) is 42.5 Å². The van der Waals surface area contributed by atoms with Crippen LogP contribution in [0.1, 0.15) is 21.6 Å². The fourth-order valence-electron chi connectivity index (χ4n) is 2.29. The highest BCUT2D eigenvalue weighted by Gasteiger charge is 2.31. The average molecular weight is 365 g/mol. The molecule has 0 amide bonds. The summed E-state index contributed by atoms with van der Waals surface area (Å²) in [6, 6.07) is 8.24. The third-order valence-electron chi connectivity index (χ3n) is 3.57. The molecule has 0 unspecified atom stereocenters. The van der Waals surface area contributed by atoms with Gasteiger partial charge in [-0.3, -0.25) is 0 Å². The number of hydrogen-bond donors (Lipinski definition) is 2. The average Bonchev–Trinajstić information content (AvgIpc) is 2.59. The van der Waals surface area contributed by atoms with Crippen LogP contribution in [0.25, 0.3) is 11.0 Å². The number of rotatable bonds is 4. The van der Waals surface area contributed by atoms with Crippen molar-refractivity contribution >= 4 is 22.8 Å². The molecule has 0 radical (unpaired) electrons. The molecule has 0 aliphatic heterocycles. The summed E-state index contributed by atoms with van der Waals surface area (Å²) in [4.78, 5) is 19.2. The van der Waals surface area contributed by atoms with E-state index in [0.717, 1.165) is 18.2 Å². The molecular weight excluding hydrogens is 354 g/mol. The third-order valence-corrected chi connectivity index (χ3v) is 3.57.